The zero-order valence-electron chi connectivity index (χ0n) is 17.7. The number of nitrogens with one attached hydrogen (secondary N) is 2. The third-order valence-corrected chi connectivity index (χ3v) is 5.72. The molecule has 0 aliphatic carbocycles. The van der Waals surface area contributed by atoms with E-state index in [9.17, 15) is 4.79 Å². The third kappa shape index (κ3) is 5.53. The minimum atomic E-state index is -0.0790. The molecule has 2 N–H and O–H groups in total. The average molecular weight is 445 g/mol. The molecule has 0 aliphatic rings. The Hall–Kier alpha value is -3.65. The van der Waals surface area contributed by atoms with Gasteiger partial charge in [-0.15, -0.1) is 10.2 Å². The van der Waals surface area contributed by atoms with E-state index in [2.05, 4.69) is 37.9 Å². The maximum atomic E-state index is 12.3. The maximum absolute atomic E-state index is 12.3. The van der Waals surface area contributed by atoms with Gasteiger partial charge in [0, 0.05) is 30.5 Å². The van der Waals surface area contributed by atoms with Crippen LogP contribution in [0, 0.1) is 0 Å². The van der Waals surface area contributed by atoms with Crippen molar-refractivity contribution in [2.24, 2.45) is 0 Å². The summed E-state index contributed by atoms with van der Waals surface area (Å²) in [6.07, 6.45) is 1.76. The predicted octanol–water partition coefficient (Wildman–Crippen LogP) is 4.70. The van der Waals surface area contributed by atoms with Crippen LogP contribution in [0.4, 0.5) is 11.5 Å². The molecule has 0 saturated heterocycles. The summed E-state index contributed by atoms with van der Waals surface area (Å²) >= 11 is 1.37. The Bertz CT molecular complexity index is 1160. The van der Waals surface area contributed by atoms with Gasteiger partial charge in [-0.1, -0.05) is 60.3 Å². The number of aromatic nitrogens is 4. The van der Waals surface area contributed by atoms with E-state index in [1.165, 1.54) is 17.3 Å². The van der Waals surface area contributed by atoms with E-state index in [-0.39, 0.29) is 11.7 Å². The van der Waals surface area contributed by atoms with E-state index in [0.29, 0.717) is 18.2 Å². The zero-order valence-corrected chi connectivity index (χ0v) is 18.5. The largest absolute Gasteiger partial charge is 0.366 e. The Morgan fingerprint density at radius 3 is 2.50 bits per heavy atom. The molecule has 7 nitrogen and oxygen atoms in total. The minimum absolute atomic E-state index is 0.0790. The molecule has 1 amide bonds. The van der Waals surface area contributed by atoms with E-state index >= 15 is 0 Å². The van der Waals surface area contributed by atoms with Crippen molar-refractivity contribution in [3.63, 3.8) is 0 Å². The normalized spacial score (nSPS) is 10.7. The first kappa shape index (κ1) is 21.6. The fraction of sp³-hybridized carbons (Fsp3) is 0.167. The fourth-order valence-corrected chi connectivity index (χ4v) is 4.00. The Morgan fingerprint density at radius 2 is 1.75 bits per heavy atom. The van der Waals surface area contributed by atoms with Crippen molar-refractivity contribution in [3.8, 4) is 11.4 Å². The number of hydrogen-bond acceptors (Lipinski definition) is 6. The number of carbonyl (C=O) groups excluding carboxylic acids is 1. The van der Waals surface area contributed by atoms with Gasteiger partial charge >= 0.3 is 0 Å². The summed E-state index contributed by atoms with van der Waals surface area (Å²) in [6, 6.07) is 23.5. The quantitative estimate of drug-likeness (QED) is 0.364. The second-order valence-corrected chi connectivity index (χ2v) is 7.96. The number of anilines is 2. The van der Waals surface area contributed by atoms with Crippen LogP contribution in [0.25, 0.3) is 11.4 Å². The molecule has 32 heavy (non-hydrogen) atoms. The van der Waals surface area contributed by atoms with Crippen LogP contribution in [-0.4, -0.2) is 31.4 Å². The Balaban J connectivity index is 1.42. The standard InChI is InChI=1S/C24H24N6OS/c1-2-30-23(19-13-14-25-21(15-19)26-16-18-9-5-3-6-10-18)28-29-24(30)32-17-22(31)27-20-11-7-4-8-12-20/h3-15H,2,16-17H2,1H3,(H,25,26)(H,27,31). The minimum Gasteiger partial charge on any atom is -0.366 e. The van der Waals surface area contributed by atoms with Crippen molar-refractivity contribution in [1.82, 2.24) is 19.7 Å². The first-order valence-electron chi connectivity index (χ1n) is 10.4. The van der Waals surface area contributed by atoms with Gasteiger partial charge < -0.3 is 15.2 Å². The number of amides is 1. The first-order valence-corrected chi connectivity index (χ1v) is 11.4. The molecule has 0 fully saturated rings. The van der Waals surface area contributed by atoms with Crippen molar-refractivity contribution in [3.05, 3.63) is 84.6 Å². The molecule has 0 radical (unpaired) electrons. The highest BCUT2D eigenvalue weighted by Crippen LogP contribution is 2.25. The summed E-state index contributed by atoms with van der Waals surface area (Å²) in [7, 11) is 0. The molecule has 0 aliphatic heterocycles. The van der Waals surface area contributed by atoms with Gasteiger partial charge in [-0.2, -0.15) is 0 Å². The molecule has 0 unspecified atom stereocenters. The van der Waals surface area contributed by atoms with E-state index in [1.807, 2.05) is 72.2 Å². The van der Waals surface area contributed by atoms with Crippen molar-refractivity contribution in [2.45, 2.75) is 25.2 Å². The van der Waals surface area contributed by atoms with Crippen molar-refractivity contribution in [2.75, 3.05) is 16.4 Å². The lowest BCUT2D eigenvalue weighted by Crippen LogP contribution is -2.14. The van der Waals surface area contributed by atoms with Gasteiger partial charge in [0.05, 0.1) is 5.75 Å². The van der Waals surface area contributed by atoms with Crippen LogP contribution in [-0.2, 0) is 17.9 Å². The average Bonchev–Trinajstić information content (AvgIpc) is 3.26. The number of carbonyl (C=O) groups is 1. The number of para-hydroxylation sites is 1. The lowest BCUT2D eigenvalue weighted by atomic mass is 10.2. The summed E-state index contributed by atoms with van der Waals surface area (Å²) in [5.74, 6) is 1.70. The highest BCUT2D eigenvalue weighted by molar-refractivity contribution is 7.99. The van der Waals surface area contributed by atoms with Crippen LogP contribution < -0.4 is 10.6 Å². The van der Waals surface area contributed by atoms with Crippen LogP contribution in [0.3, 0.4) is 0 Å². The summed E-state index contributed by atoms with van der Waals surface area (Å²) in [6.45, 7) is 3.42. The number of rotatable bonds is 9. The predicted molar refractivity (Wildman–Crippen MR) is 128 cm³/mol. The molecular weight excluding hydrogens is 420 g/mol. The summed E-state index contributed by atoms with van der Waals surface area (Å²) < 4.78 is 2.01. The van der Waals surface area contributed by atoms with Crippen LogP contribution in [0.2, 0.25) is 0 Å². The highest BCUT2D eigenvalue weighted by Gasteiger charge is 2.15. The van der Waals surface area contributed by atoms with Crippen molar-refractivity contribution >= 4 is 29.2 Å². The molecule has 8 heteroatoms. The lowest BCUT2D eigenvalue weighted by Gasteiger charge is -2.10. The van der Waals surface area contributed by atoms with Crippen LogP contribution in [0.5, 0.6) is 0 Å². The molecule has 2 aromatic heterocycles. The highest BCUT2D eigenvalue weighted by atomic mass is 32.2. The Kier molecular flexibility index (Phi) is 7.14. The second kappa shape index (κ2) is 10.6. The third-order valence-electron chi connectivity index (χ3n) is 4.76. The summed E-state index contributed by atoms with van der Waals surface area (Å²) in [5, 5.41) is 15.7. The number of benzene rings is 2. The monoisotopic (exact) mass is 444 g/mol. The van der Waals surface area contributed by atoms with Gasteiger partial charge in [-0.05, 0) is 36.8 Å². The summed E-state index contributed by atoms with van der Waals surface area (Å²) in [5.41, 5.74) is 2.89. The smallest absolute Gasteiger partial charge is 0.234 e. The van der Waals surface area contributed by atoms with Gasteiger partial charge in [0.1, 0.15) is 5.82 Å². The Morgan fingerprint density at radius 1 is 1.00 bits per heavy atom. The van der Waals surface area contributed by atoms with Crippen LogP contribution in [0.15, 0.2) is 84.1 Å². The molecule has 0 spiro atoms. The first-order chi connectivity index (χ1) is 15.7. The molecule has 0 atom stereocenters. The topological polar surface area (TPSA) is 84.7 Å². The van der Waals surface area contributed by atoms with Gasteiger partial charge in [0.15, 0.2) is 11.0 Å². The molecular formula is C24H24N6OS. The molecule has 2 aromatic carbocycles. The van der Waals surface area contributed by atoms with E-state index in [1.54, 1.807) is 6.20 Å². The van der Waals surface area contributed by atoms with Crippen molar-refractivity contribution < 1.29 is 4.79 Å². The molecule has 4 rings (SSSR count). The summed E-state index contributed by atoms with van der Waals surface area (Å²) in [4.78, 5) is 16.7. The molecule has 4 aromatic rings. The number of hydrogen-bond donors (Lipinski definition) is 2. The SMILES string of the molecule is CCn1c(SCC(=O)Nc2ccccc2)nnc1-c1ccnc(NCc2ccccc2)c1. The Labute approximate surface area is 191 Å². The molecule has 0 saturated carbocycles. The molecule has 2 heterocycles. The van der Waals surface area contributed by atoms with Crippen LogP contribution in [0.1, 0.15) is 12.5 Å². The van der Waals surface area contributed by atoms with E-state index in [4.69, 9.17) is 0 Å². The lowest BCUT2D eigenvalue weighted by molar-refractivity contribution is -0.113. The number of pyridine rings is 1. The van der Waals surface area contributed by atoms with E-state index < -0.39 is 0 Å². The van der Waals surface area contributed by atoms with Crippen molar-refractivity contribution in [1.29, 1.82) is 0 Å². The van der Waals surface area contributed by atoms with Crippen LogP contribution >= 0.6 is 11.8 Å². The number of thioether (sulfide) groups is 1. The fourth-order valence-electron chi connectivity index (χ4n) is 3.20. The van der Waals surface area contributed by atoms with Gasteiger partial charge in [0.2, 0.25) is 5.91 Å². The zero-order chi connectivity index (χ0) is 22.2. The molecule has 0 bridgehead atoms. The molecule has 162 valence electrons. The maximum Gasteiger partial charge on any atom is 0.234 e. The van der Waals surface area contributed by atoms with E-state index in [0.717, 1.165) is 22.9 Å². The van der Waals surface area contributed by atoms with Gasteiger partial charge in [-0.25, -0.2) is 4.98 Å². The van der Waals surface area contributed by atoms with Gasteiger partial charge in [0.25, 0.3) is 0 Å². The van der Waals surface area contributed by atoms with Gasteiger partial charge in [-0.3, -0.25) is 4.79 Å². The number of nitrogens with zero attached hydrogens (tertiary/aromatic N) is 4. The second-order valence-electron chi connectivity index (χ2n) is 7.02.